The zero-order valence-electron chi connectivity index (χ0n) is 16.6. The van der Waals surface area contributed by atoms with Gasteiger partial charge in [0.15, 0.2) is 0 Å². The van der Waals surface area contributed by atoms with Gasteiger partial charge in [-0.3, -0.25) is 0 Å². The molecule has 0 spiro atoms. The molecule has 0 fully saturated rings. The molecule has 2 unspecified atom stereocenters. The molecule has 2 atom stereocenters. The van der Waals surface area contributed by atoms with Crippen molar-refractivity contribution in [1.29, 1.82) is 5.26 Å². The molecule has 154 valence electrons. The van der Waals surface area contributed by atoms with Crippen molar-refractivity contribution in [1.82, 2.24) is 14.9 Å². The highest BCUT2D eigenvalue weighted by molar-refractivity contribution is 7.87. The van der Waals surface area contributed by atoms with E-state index in [1.807, 2.05) is 38.1 Å². The summed E-state index contributed by atoms with van der Waals surface area (Å²) in [6.45, 7) is 3.85. The Kier molecular flexibility index (Phi) is 6.04. The highest BCUT2D eigenvalue weighted by Crippen LogP contribution is 2.40. The zero-order valence-corrected chi connectivity index (χ0v) is 18.2. The van der Waals surface area contributed by atoms with Gasteiger partial charge >= 0.3 is 0 Å². The summed E-state index contributed by atoms with van der Waals surface area (Å²) in [5.41, 5.74) is 4.62. The lowest BCUT2D eigenvalue weighted by atomic mass is 10.0. The standard InChI is InChI=1S/C21H21N5O2S2/c1-12(2)28-19-9-6-13(10-14(19)11-22)20-24-25-21(29-20)17-5-3-4-16-15(17)7-8-18(16)26-30(23)27/h3-6,9-10,12,18,26H,7-8,23H2,1-2H3. The number of hydrogen-bond acceptors (Lipinski definition) is 8. The molecule has 0 amide bonds. The van der Waals surface area contributed by atoms with E-state index in [9.17, 15) is 9.81 Å². The Morgan fingerprint density at radius 2 is 2.10 bits per heavy atom. The second-order valence-electron chi connectivity index (χ2n) is 7.28. The molecule has 4 rings (SSSR count). The van der Waals surface area contributed by atoms with Crippen molar-refractivity contribution in [3.8, 4) is 33.0 Å². The Morgan fingerprint density at radius 1 is 1.30 bits per heavy atom. The number of nitrogens with zero attached hydrogens (tertiary/aromatic N) is 3. The van der Waals surface area contributed by atoms with E-state index in [2.05, 4.69) is 21.0 Å². The van der Waals surface area contributed by atoms with Crippen LogP contribution in [0, 0.1) is 11.3 Å². The summed E-state index contributed by atoms with van der Waals surface area (Å²) in [5, 5.41) is 25.2. The molecule has 0 radical (unpaired) electrons. The smallest absolute Gasteiger partial charge is 0.148 e. The van der Waals surface area contributed by atoms with E-state index < -0.39 is 11.5 Å². The van der Waals surface area contributed by atoms with Crippen LogP contribution >= 0.6 is 11.3 Å². The molecule has 3 aromatic rings. The predicted octanol–water partition coefficient (Wildman–Crippen LogP) is 3.65. The van der Waals surface area contributed by atoms with E-state index in [1.165, 1.54) is 16.9 Å². The molecule has 1 aliphatic carbocycles. The maximum atomic E-state index is 11.4. The van der Waals surface area contributed by atoms with E-state index in [0.29, 0.717) is 11.3 Å². The molecule has 1 aromatic heterocycles. The molecule has 1 heterocycles. The summed E-state index contributed by atoms with van der Waals surface area (Å²) in [5.74, 6) is 0.567. The Labute approximate surface area is 182 Å². The maximum absolute atomic E-state index is 11.4. The first-order valence-electron chi connectivity index (χ1n) is 9.55. The second kappa shape index (κ2) is 8.71. The van der Waals surface area contributed by atoms with E-state index >= 15 is 0 Å². The first kappa shape index (κ1) is 20.8. The molecule has 0 bridgehead atoms. The van der Waals surface area contributed by atoms with Gasteiger partial charge in [0.25, 0.3) is 0 Å². The predicted molar refractivity (Wildman–Crippen MR) is 118 cm³/mol. The van der Waals surface area contributed by atoms with Crippen LogP contribution in [-0.4, -0.2) is 20.9 Å². The molecule has 30 heavy (non-hydrogen) atoms. The van der Waals surface area contributed by atoms with Gasteiger partial charge in [-0.2, -0.15) is 5.26 Å². The average Bonchev–Trinajstić information content (AvgIpc) is 3.35. The van der Waals surface area contributed by atoms with E-state index in [-0.39, 0.29) is 12.1 Å². The van der Waals surface area contributed by atoms with Gasteiger partial charge in [-0.1, -0.05) is 29.5 Å². The van der Waals surface area contributed by atoms with Crippen LogP contribution in [0.15, 0.2) is 36.4 Å². The number of benzene rings is 2. The molecule has 1 aliphatic rings. The van der Waals surface area contributed by atoms with E-state index in [4.69, 9.17) is 9.88 Å². The molecular formula is C21H21N5O2S2. The number of nitrogens with one attached hydrogen (secondary N) is 1. The van der Waals surface area contributed by atoms with Crippen LogP contribution < -0.4 is 14.6 Å². The highest BCUT2D eigenvalue weighted by Gasteiger charge is 2.28. The number of nitriles is 1. The van der Waals surface area contributed by atoms with Gasteiger partial charge in [-0.25, -0.2) is 0 Å². The van der Waals surface area contributed by atoms with Crippen LogP contribution in [0.5, 0.6) is 5.75 Å². The lowest BCUT2D eigenvalue weighted by Crippen LogP contribution is -2.33. The number of aromatic nitrogens is 2. The number of fused-ring (bicyclic) bond motifs is 1. The van der Waals surface area contributed by atoms with Crippen molar-refractivity contribution < 1.29 is 9.29 Å². The van der Waals surface area contributed by atoms with Gasteiger partial charge < -0.3 is 9.29 Å². The van der Waals surface area contributed by atoms with Crippen LogP contribution in [0.2, 0.25) is 0 Å². The van der Waals surface area contributed by atoms with Crippen molar-refractivity contribution in [2.45, 2.75) is 38.8 Å². The Hall–Kier alpha value is -2.48. The molecule has 0 saturated carbocycles. The van der Waals surface area contributed by atoms with Crippen LogP contribution in [0.4, 0.5) is 0 Å². The summed E-state index contributed by atoms with van der Waals surface area (Å²) >= 11 is -0.0742. The lowest BCUT2D eigenvalue weighted by molar-refractivity contribution is 0.242. The summed E-state index contributed by atoms with van der Waals surface area (Å²) in [6.07, 6.45) is 1.69. The van der Waals surface area contributed by atoms with E-state index in [1.54, 1.807) is 12.1 Å². The SMILES string of the molecule is CC(C)Oc1ccc(-c2nnc(-c3cccc4c3CCC4N[S+](N)[O-])s2)cc1C#N. The lowest BCUT2D eigenvalue weighted by Gasteiger charge is -2.13. The molecule has 2 aromatic carbocycles. The summed E-state index contributed by atoms with van der Waals surface area (Å²) < 4.78 is 20.0. The third-order valence-corrected chi connectivity index (χ3v) is 6.42. The Bertz CT molecular complexity index is 1110. The summed E-state index contributed by atoms with van der Waals surface area (Å²) in [4.78, 5) is 0. The minimum absolute atomic E-state index is 0.00808. The fourth-order valence-electron chi connectivity index (χ4n) is 3.67. The largest absolute Gasteiger partial charge is 0.579 e. The van der Waals surface area contributed by atoms with Gasteiger partial charge in [0, 0.05) is 11.1 Å². The van der Waals surface area contributed by atoms with Crippen LogP contribution in [0.25, 0.3) is 21.1 Å². The third kappa shape index (κ3) is 4.19. The second-order valence-corrected chi connectivity index (χ2v) is 9.09. The first-order valence-corrected chi connectivity index (χ1v) is 11.6. The van der Waals surface area contributed by atoms with Crippen molar-refractivity contribution in [2.75, 3.05) is 0 Å². The fraction of sp³-hybridized carbons (Fsp3) is 0.286. The molecule has 0 saturated heterocycles. The van der Waals surface area contributed by atoms with E-state index in [0.717, 1.165) is 39.5 Å². The average molecular weight is 440 g/mol. The fourth-order valence-corrected chi connectivity index (χ4v) is 5.09. The Morgan fingerprint density at radius 3 is 2.83 bits per heavy atom. The highest BCUT2D eigenvalue weighted by atomic mass is 32.2. The van der Waals surface area contributed by atoms with Gasteiger partial charge in [0.05, 0.1) is 17.7 Å². The summed E-state index contributed by atoms with van der Waals surface area (Å²) in [6, 6.07) is 13.7. The minimum atomic E-state index is -1.56. The van der Waals surface area contributed by atoms with Gasteiger partial charge in [0.1, 0.15) is 33.4 Å². The molecule has 9 heteroatoms. The van der Waals surface area contributed by atoms with Crippen LogP contribution in [-0.2, 0) is 18.0 Å². The number of rotatable bonds is 6. The van der Waals surface area contributed by atoms with Crippen molar-refractivity contribution in [3.05, 3.63) is 53.1 Å². The number of ether oxygens (including phenoxy) is 1. The molecule has 7 nitrogen and oxygen atoms in total. The van der Waals surface area contributed by atoms with Crippen LogP contribution in [0.1, 0.15) is 43.0 Å². The maximum Gasteiger partial charge on any atom is 0.148 e. The molecular weight excluding hydrogens is 418 g/mol. The monoisotopic (exact) mass is 439 g/mol. The van der Waals surface area contributed by atoms with Gasteiger partial charge in [0.2, 0.25) is 0 Å². The molecule has 3 N–H and O–H groups in total. The number of nitrogens with two attached hydrogens (primary N) is 1. The van der Waals surface area contributed by atoms with Crippen molar-refractivity contribution >= 4 is 22.9 Å². The minimum Gasteiger partial charge on any atom is -0.579 e. The number of hydrogen-bond donors (Lipinski definition) is 2. The van der Waals surface area contributed by atoms with Crippen LogP contribution in [0.3, 0.4) is 0 Å². The Balaban J connectivity index is 1.65. The zero-order chi connectivity index (χ0) is 21.3. The van der Waals surface area contributed by atoms with Gasteiger partial charge in [-0.15, -0.1) is 20.1 Å². The topological polar surface area (TPSA) is 120 Å². The van der Waals surface area contributed by atoms with Crippen molar-refractivity contribution in [2.24, 2.45) is 5.14 Å². The van der Waals surface area contributed by atoms with Gasteiger partial charge in [-0.05, 0) is 56.0 Å². The first-order chi connectivity index (χ1) is 14.5. The van der Waals surface area contributed by atoms with Crippen molar-refractivity contribution in [3.63, 3.8) is 0 Å². The third-order valence-electron chi connectivity index (χ3n) is 4.89. The normalized spacial score (nSPS) is 16.3. The quantitative estimate of drug-likeness (QED) is 0.563. The summed E-state index contributed by atoms with van der Waals surface area (Å²) in [7, 11) is 0. The molecule has 0 aliphatic heterocycles.